The van der Waals surface area contributed by atoms with E-state index in [-0.39, 0.29) is 6.04 Å². The normalized spacial score (nSPS) is 33.7. The predicted molar refractivity (Wildman–Crippen MR) is 69.5 cm³/mol. The summed E-state index contributed by atoms with van der Waals surface area (Å²) in [6.45, 7) is 0. The smallest absolute Gasteiger partial charge is 0.0337 e. The molecule has 0 radical (unpaired) electrons. The molecule has 0 amide bonds. The van der Waals surface area contributed by atoms with E-state index < -0.39 is 0 Å². The van der Waals surface area contributed by atoms with E-state index in [0.717, 1.165) is 11.8 Å². The van der Waals surface area contributed by atoms with Crippen molar-refractivity contribution in [1.82, 2.24) is 0 Å². The van der Waals surface area contributed by atoms with Crippen LogP contribution in [0.4, 0.5) is 0 Å². The molecule has 1 aliphatic heterocycles. The first-order valence-electron chi connectivity index (χ1n) is 6.33. The molecule has 16 heavy (non-hydrogen) atoms. The third kappa shape index (κ3) is 1.78. The maximum absolute atomic E-state index is 6.49. The van der Waals surface area contributed by atoms with Crippen LogP contribution < -0.4 is 5.73 Å². The van der Waals surface area contributed by atoms with E-state index >= 15 is 0 Å². The van der Waals surface area contributed by atoms with Gasteiger partial charge in [-0.2, -0.15) is 0 Å². The minimum atomic E-state index is 0.275. The lowest BCUT2D eigenvalue weighted by Gasteiger charge is -2.33. The van der Waals surface area contributed by atoms with Gasteiger partial charge in [0.2, 0.25) is 0 Å². The quantitative estimate of drug-likeness (QED) is 0.741. The summed E-state index contributed by atoms with van der Waals surface area (Å²) in [5.41, 5.74) is 7.88. The molecule has 1 fully saturated rings. The topological polar surface area (TPSA) is 26.0 Å². The molecular formula is C14H19NS. The Bertz CT molecular complexity index is 377. The summed E-state index contributed by atoms with van der Waals surface area (Å²) in [6.07, 6.45) is 5.51. The minimum Gasteiger partial charge on any atom is -0.324 e. The van der Waals surface area contributed by atoms with Crippen LogP contribution in [0, 0.1) is 11.8 Å². The number of benzene rings is 1. The molecule has 0 spiro atoms. The van der Waals surface area contributed by atoms with Crippen molar-refractivity contribution in [3.63, 3.8) is 0 Å². The highest BCUT2D eigenvalue weighted by Gasteiger charge is 2.33. The summed E-state index contributed by atoms with van der Waals surface area (Å²) in [4.78, 5) is 1.42. The van der Waals surface area contributed by atoms with Crippen LogP contribution in [0.25, 0.3) is 0 Å². The lowest BCUT2D eigenvalue weighted by atomic mass is 9.75. The molecule has 0 saturated heterocycles. The number of rotatable bonds is 0. The van der Waals surface area contributed by atoms with Crippen LogP contribution in [0.1, 0.15) is 37.3 Å². The van der Waals surface area contributed by atoms with Gasteiger partial charge in [0.25, 0.3) is 0 Å². The monoisotopic (exact) mass is 233 g/mol. The summed E-state index contributed by atoms with van der Waals surface area (Å²) < 4.78 is 0. The molecular weight excluding hydrogens is 214 g/mol. The van der Waals surface area contributed by atoms with Gasteiger partial charge in [-0.3, -0.25) is 0 Å². The molecule has 1 aromatic rings. The molecule has 1 saturated carbocycles. The van der Waals surface area contributed by atoms with E-state index in [1.807, 2.05) is 11.8 Å². The highest BCUT2D eigenvalue weighted by Crippen LogP contribution is 2.45. The molecule has 1 nitrogen and oxygen atoms in total. The van der Waals surface area contributed by atoms with Gasteiger partial charge < -0.3 is 5.73 Å². The van der Waals surface area contributed by atoms with Crippen molar-refractivity contribution in [3.8, 4) is 0 Å². The first kappa shape index (κ1) is 10.7. The molecule has 2 heteroatoms. The van der Waals surface area contributed by atoms with Gasteiger partial charge in [-0.15, -0.1) is 11.8 Å². The van der Waals surface area contributed by atoms with Crippen molar-refractivity contribution < 1.29 is 0 Å². The zero-order valence-corrected chi connectivity index (χ0v) is 10.4. The van der Waals surface area contributed by atoms with Gasteiger partial charge in [0.15, 0.2) is 0 Å². The SMILES string of the molecule is N[C@H]1c2ccccc2SC[C@@H]2CCCC[C@@H]21. The van der Waals surface area contributed by atoms with E-state index in [1.54, 1.807) is 0 Å². The van der Waals surface area contributed by atoms with E-state index in [2.05, 4.69) is 24.3 Å². The van der Waals surface area contributed by atoms with Crippen LogP contribution in [-0.2, 0) is 0 Å². The number of hydrogen-bond donors (Lipinski definition) is 1. The van der Waals surface area contributed by atoms with Gasteiger partial charge in [0.05, 0.1) is 0 Å². The Morgan fingerprint density at radius 1 is 1.12 bits per heavy atom. The summed E-state index contributed by atoms with van der Waals surface area (Å²) in [5.74, 6) is 2.85. The fourth-order valence-electron chi connectivity index (χ4n) is 3.23. The maximum Gasteiger partial charge on any atom is 0.0337 e. The number of hydrogen-bond acceptors (Lipinski definition) is 2. The third-order valence-corrected chi connectivity index (χ3v) is 5.44. The molecule has 2 N–H and O–H groups in total. The van der Waals surface area contributed by atoms with E-state index in [1.165, 1.54) is 41.9 Å². The maximum atomic E-state index is 6.49. The molecule has 0 aromatic heterocycles. The zero-order chi connectivity index (χ0) is 11.0. The average Bonchev–Trinajstić information content (AvgIpc) is 2.49. The molecule has 1 aromatic carbocycles. The summed E-state index contributed by atoms with van der Waals surface area (Å²) in [6, 6.07) is 8.99. The number of nitrogens with two attached hydrogens (primary N) is 1. The molecule has 3 rings (SSSR count). The third-order valence-electron chi connectivity index (χ3n) is 4.16. The van der Waals surface area contributed by atoms with Crippen LogP contribution in [0.2, 0.25) is 0 Å². The van der Waals surface area contributed by atoms with Gasteiger partial charge >= 0.3 is 0 Å². The van der Waals surface area contributed by atoms with Crippen molar-refractivity contribution in [1.29, 1.82) is 0 Å². The van der Waals surface area contributed by atoms with Crippen molar-refractivity contribution in [2.75, 3.05) is 5.75 Å². The Balaban J connectivity index is 1.96. The Kier molecular flexibility index (Phi) is 2.95. The molecule has 86 valence electrons. The summed E-state index contributed by atoms with van der Waals surface area (Å²) in [5, 5.41) is 0. The first-order valence-corrected chi connectivity index (χ1v) is 7.32. The van der Waals surface area contributed by atoms with Crippen molar-refractivity contribution in [2.45, 2.75) is 36.6 Å². The second-order valence-electron chi connectivity index (χ2n) is 5.08. The zero-order valence-electron chi connectivity index (χ0n) is 9.56. The molecule has 2 aliphatic rings. The van der Waals surface area contributed by atoms with E-state index in [4.69, 9.17) is 5.73 Å². The van der Waals surface area contributed by atoms with Crippen LogP contribution in [0.3, 0.4) is 0 Å². The van der Waals surface area contributed by atoms with Gasteiger partial charge in [0, 0.05) is 16.7 Å². The van der Waals surface area contributed by atoms with Crippen LogP contribution in [0.15, 0.2) is 29.2 Å². The average molecular weight is 233 g/mol. The fourth-order valence-corrected chi connectivity index (χ4v) is 4.58. The molecule has 1 heterocycles. The fraction of sp³-hybridized carbons (Fsp3) is 0.571. The highest BCUT2D eigenvalue weighted by atomic mass is 32.2. The van der Waals surface area contributed by atoms with E-state index in [9.17, 15) is 0 Å². The van der Waals surface area contributed by atoms with Gasteiger partial charge in [-0.05, 0) is 36.3 Å². The molecule has 3 atom stereocenters. The Morgan fingerprint density at radius 3 is 2.88 bits per heavy atom. The van der Waals surface area contributed by atoms with Crippen LogP contribution in [0.5, 0.6) is 0 Å². The van der Waals surface area contributed by atoms with Crippen molar-refractivity contribution in [2.24, 2.45) is 17.6 Å². The highest BCUT2D eigenvalue weighted by molar-refractivity contribution is 7.99. The lowest BCUT2D eigenvalue weighted by molar-refractivity contribution is 0.224. The second kappa shape index (κ2) is 4.42. The summed E-state index contributed by atoms with van der Waals surface area (Å²) in [7, 11) is 0. The molecule has 0 unspecified atom stereocenters. The second-order valence-corrected chi connectivity index (χ2v) is 6.14. The Hall–Kier alpha value is -0.470. The standard InChI is InChI=1S/C14H19NS/c15-14-11-6-2-1-5-10(11)9-16-13-8-4-3-7-12(13)14/h3-4,7-8,10-11,14H,1-2,5-6,9,15H2/t10-,11-,14+/m0/s1. The Morgan fingerprint density at radius 2 is 1.94 bits per heavy atom. The van der Waals surface area contributed by atoms with Crippen LogP contribution in [-0.4, -0.2) is 5.75 Å². The lowest BCUT2D eigenvalue weighted by Crippen LogP contribution is -2.30. The minimum absolute atomic E-state index is 0.275. The number of thioether (sulfide) groups is 1. The molecule has 1 aliphatic carbocycles. The van der Waals surface area contributed by atoms with Gasteiger partial charge in [-0.1, -0.05) is 31.0 Å². The van der Waals surface area contributed by atoms with Crippen molar-refractivity contribution in [3.05, 3.63) is 29.8 Å². The van der Waals surface area contributed by atoms with Crippen molar-refractivity contribution >= 4 is 11.8 Å². The predicted octanol–water partition coefficient (Wildman–Crippen LogP) is 3.60. The number of fused-ring (bicyclic) bond motifs is 2. The van der Waals surface area contributed by atoms with Crippen LogP contribution >= 0.6 is 11.8 Å². The first-order chi connectivity index (χ1) is 7.86. The van der Waals surface area contributed by atoms with Gasteiger partial charge in [0.1, 0.15) is 0 Å². The summed E-state index contributed by atoms with van der Waals surface area (Å²) >= 11 is 2.02. The van der Waals surface area contributed by atoms with Gasteiger partial charge in [-0.25, -0.2) is 0 Å². The molecule has 0 bridgehead atoms. The Labute approximate surface area is 102 Å². The van der Waals surface area contributed by atoms with E-state index in [0.29, 0.717) is 0 Å². The largest absolute Gasteiger partial charge is 0.324 e.